The molecular formula is C18H24N2O2. The Hall–Kier alpha value is -1.55. The summed E-state index contributed by atoms with van der Waals surface area (Å²) in [6, 6.07) is 10.9. The molecule has 1 aromatic carbocycles. The van der Waals surface area contributed by atoms with Crippen molar-refractivity contribution in [1.29, 1.82) is 0 Å². The lowest BCUT2D eigenvalue weighted by atomic mass is 9.95. The molecule has 3 fully saturated rings. The zero-order chi connectivity index (χ0) is 14.9. The Morgan fingerprint density at radius 1 is 1.18 bits per heavy atom. The van der Waals surface area contributed by atoms with Crippen molar-refractivity contribution in [2.75, 3.05) is 0 Å². The molecule has 0 spiro atoms. The van der Waals surface area contributed by atoms with Crippen LogP contribution in [0.5, 0.6) is 0 Å². The summed E-state index contributed by atoms with van der Waals surface area (Å²) in [6.07, 6.45) is 7.22. The highest BCUT2D eigenvalue weighted by molar-refractivity contribution is 5.74. The lowest BCUT2D eigenvalue weighted by Gasteiger charge is -2.23. The van der Waals surface area contributed by atoms with Crippen LogP contribution in [0.4, 0.5) is 4.79 Å². The second-order valence-corrected chi connectivity index (χ2v) is 6.97. The van der Waals surface area contributed by atoms with Gasteiger partial charge in [0, 0.05) is 6.04 Å². The Bertz CT molecular complexity index is 529. The van der Waals surface area contributed by atoms with Crippen molar-refractivity contribution >= 4 is 6.03 Å². The van der Waals surface area contributed by atoms with Gasteiger partial charge in [0.2, 0.25) is 0 Å². The second-order valence-electron chi connectivity index (χ2n) is 6.97. The van der Waals surface area contributed by atoms with Gasteiger partial charge in [0.25, 0.3) is 0 Å². The van der Waals surface area contributed by atoms with Crippen molar-refractivity contribution < 1.29 is 9.53 Å². The number of urea groups is 1. The summed E-state index contributed by atoms with van der Waals surface area (Å²) in [4.78, 5) is 12.3. The van der Waals surface area contributed by atoms with E-state index in [1.807, 2.05) is 6.07 Å². The highest BCUT2D eigenvalue weighted by Crippen LogP contribution is 2.35. The van der Waals surface area contributed by atoms with Crippen molar-refractivity contribution in [2.24, 2.45) is 5.92 Å². The summed E-state index contributed by atoms with van der Waals surface area (Å²) in [7, 11) is 0. The van der Waals surface area contributed by atoms with Crippen LogP contribution in [-0.4, -0.2) is 30.3 Å². The van der Waals surface area contributed by atoms with Gasteiger partial charge in [0.05, 0.1) is 18.2 Å². The number of amides is 2. The molecule has 4 rings (SSSR count). The monoisotopic (exact) mass is 300 g/mol. The van der Waals surface area contributed by atoms with Crippen LogP contribution in [0.3, 0.4) is 0 Å². The van der Waals surface area contributed by atoms with Crippen molar-refractivity contribution in [3.8, 4) is 0 Å². The number of rotatable bonds is 5. The van der Waals surface area contributed by atoms with Crippen molar-refractivity contribution in [3.05, 3.63) is 35.9 Å². The molecule has 118 valence electrons. The fourth-order valence-corrected chi connectivity index (χ4v) is 3.87. The lowest BCUT2D eigenvalue weighted by Crippen LogP contribution is -2.50. The van der Waals surface area contributed by atoms with Gasteiger partial charge in [-0.15, -0.1) is 0 Å². The molecular weight excluding hydrogens is 276 g/mol. The first-order valence-electron chi connectivity index (χ1n) is 8.54. The molecule has 2 heterocycles. The summed E-state index contributed by atoms with van der Waals surface area (Å²) < 4.78 is 5.80. The number of benzene rings is 1. The molecule has 1 aliphatic carbocycles. The van der Waals surface area contributed by atoms with Gasteiger partial charge in [-0.2, -0.15) is 0 Å². The zero-order valence-corrected chi connectivity index (χ0v) is 12.8. The summed E-state index contributed by atoms with van der Waals surface area (Å²) in [6.45, 7) is 0. The molecule has 2 bridgehead atoms. The number of nitrogens with one attached hydrogen (secondary N) is 2. The highest BCUT2D eigenvalue weighted by Gasteiger charge is 2.42. The van der Waals surface area contributed by atoms with Gasteiger partial charge in [-0.25, -0.2) is 4.79 Å². The molecule has 3 aliphatic rings. The third-order valence-corrected chi connectivity index (χ3v) is 5.23. The number of fused-ring (bicyclic) bond motifs is 2. The lowest BCUT2D eigenvalue weighted by molar-refractivity contribution is 0.0980. The van der Waals surface area contributed by atoms with E-state index in [4.69, 9.17) is 4.74 Å². The Morgan fingerprint density at radius 2 is 2.00 bits per heavy atom. The molecule has 2 saturated heterocycles. The van der Waals surface area contributed by atoms with Crippen molar-refractivity contribution in [2.45, 2.75) is 62.8 Å². The summed E-state index contributed by atoms with van der Waals surface area (Å²) in [5, 5.41) is 6.34. The summed E-state index contributed by atoms with van der Waals surface area (Å²) >= 11 is 0. The molecule has 2 aliphatic heterocycles. The number of carbonyl (C=O) groups is 1. The first-order valence-corrected chi connectivity index (χ1v) is 8.54. The molecule has 4 nitrogen and oxygen atoms in total. The Labute approximate surface area is 131 Å². The van der Waals surface area contributed by atoms with Gasteiger partial charge >= 0.3 is 6.03 Å². The van der Waals surface area contributed by atoms with Gasteiger partial charge in [0.1, 0.15) is 0 Å². The first kappa shape index (κ1) is 14.1. The summed E-state index contributed by atoms with van der Waals surface area (Å²) in [5.41, 5.74) is 1.29. The molecule has 0 unspecified atom stereocenters. The molecule has 1 saturated carbocycles. The third-order valence-electron chi connectivity index (χ3n) is 5.23. The topological polar surface area (TPSA) is 50.4 Å². The zero-order valence-electron chi connectivity index (χ0n) is 12.8. The fraction of sp³-hybridized carbons (Fsp3) is 0.611. The van der Waals surface area contributed by atoms with E-state index < -0.39 is 0 Å². The number of hydrogen-bond donors (Lipinski definition) is 2. The molecule has 0 aromatic heterocycles. The van der Waals surface area contributed by atoms with Gasteiger partial charge in [0.15, 0.2) is 0 Å². The van der Waals surface area contributed by atoms with E-state index in [1.165, 1.54) is 18.4 Å². The second kappa shape index (κ2) is 5.92. The molecule has 4 heteroatoms. The SMILES string of the molecule is O=C(N[C@H](Cc1ccccc1)C1CC1)N[C@@H]1C[C@H]2CC[C@H]1O2. The van der Waals surface area contributed by atoms with Crippen LogP contribution >= 0.6 is 0 Å². The largest absolute Gasteiger partial charge is 0.373 e. The van der Waals surface area contributed by atoms with E-state index in [1.54, 1.807) is 0 Å². The van der Waals surface area contributed by atoms with Gasteiger partial charge in [-0.3, -0.25) is 0 Å². The number of hydrogen-bond acceptors (Lipinski definition) is 2. The van der Waals surface area contributed by atoms with Crippen LogP contribution in [0.25, 0.3) is 0 Å². The van der Waals surface area contributed by atoms with Crippen LogP contribution in [0.15, 0.2) is 30.3 Å². The van der Waals surface area contributed by atoms with Crippen molar-refractivity contribution in [1.82, 2.24) is 10.6 Å². The fourth-order valence-electron chi connectivity index (χ4n) is 3.87. The highest BCUT2D eigenvalue weighted by atomic mass is 16.5. The Balaban J connectivity index is 1.32. The molecule has 2 amide bonds. The molecule has 4 atom stereocenters. The smallest absolute Gasteiger partial charge is 0.315 e. The van der Waals surface area contributed by atoms with E-state index in [9.17, 15) is 4.79 Å². The first-order chi connectivity index (χ1) is 10.8. The number of carbonyl (C=O) groups excluding carboxylic acids is 1. The average Bonchev–Trinajstić information content (AvgIpc) is 3.17. The minimum absolute atomic E-state index is 0.0195. The van der Waals surface area contributed by atoms with E-state index in [-0.39, 0.29) is 24.2 Å². The van der Waals surface area contributed by atoms with E-state index in [0.29, 0.717) is 12.0 Å². The number of ether oxygens (including phenoxy) is 1. The maximum absolute atomic E-state index is 12.3. The van der Waals surface area contributed by atoms with Crippen LogP contribution in [0.1, 0.15) is 37.7 Å². The van der Waals surface area contributed by atoms with E-state index in [2.05, 4.69) is 34.9 Å². The van der Waals surface area contributed by atoms with Gasteiger partial charge in [-0.05, 0) is 50.0 Å². The Morgan fingerprint density at radius 3 is 2.64 bits per heavy atom. The maximum atomic E-state index is 12.3. The minimum Gasteiger partial charge on any atom is -0.373 e. The van der Waals surface area contributed by atoms with Crippen LogP contribution in [0.2, 0.25) is 0 Å². The maximum Gasteiger partial charge on any atom is 0.315 e. The van der Waals surface area contributed by atoms with Gasteiger partial charge < -0.3 is 15.4 Å². The Kier molecular flexibility index (Phi) is 3.78. The molecule has 1 aromatic rings. The third kappa shape index (κ3) is 3.12. The van der Waals surface area contributed by atoms with Crippen LogP contribution in [0, 0.1) is 5.92 Å². The minimum atomic E-state index is -0.0195. The normalized spacial score (nSPS) is 31.0. The van der Waals surface area contributed by atoms with Crippen LogP contribution in [-0.2, 0) is 11.2 Å². The standard InChI is InChI=1S/C18H24N2O2/c21-18(20-16-11-14-8-9-17(16)22-14)19-15(13-6-7-13)10-12-4-2-1-3-5-12/h1-5,13-17H,6-11H2,(H2,19,20,21)/t14-,15-,16-,17-/m1/s1. The molecule has 0 radical (unpaired) electrons. The van der Waals surface area contributed by atoms with Crippen LogP contribution < -0.4 is 10.6 Å². The average molecular weight is 300 g/mol. The molecule has 2 N–H and O–H groups in total. The predicted octanol–water partition coefficient (Wildman–Crippen LogP) is 2.63. The van der Waals surface area contributed by atoms with Gasteiger partial charge in [-0.1, -0.05) is 30.3 Å². The quantitative estimate of drug-likeness (QED) is 0.878. The predicted molar refractivity (Wildman–Crippen MR) is 84.6 cm³/mol. The van der Waals surface area contributed by atoms with E-state index in [0.717, 1.165) is 25.7 Å². The summed E-state index contributed by atoms with van der Waals surface area (Å²) in [5.74, 6) is 0.641. The van der Waals surface area contributed by atoms with E-state index >= 15 is 0 Å². The molecule has 22 heavy (non-hydrogen) atoms. The van der Waals surface area contributed by atoms with Crippen molar-refractivity contribution in [3.63, 3.8) is 0 Å².